The van der Waals surface area contributed by atoms with E-state index in [9.17, 15) is 5.11 Å². The van der Waals surface area contributed by atoms with Crippen LogP contribution in [0.1, 0.15) is 6.42 Å². The molecule has 0 saturated carbocycles. The fraction of sp³-hybridized carbons (Fsp3) is 0.545. The molecule has 88 valence electrons. The van der Waals surface area contributed by atoms with Crippen molar-refractivity contribution in [2.45, 2.75) is 12.5 Å². The van der Waals surface area contributed by atoms with E-state index in [0.717, 1.165) is 13.0 Å². The molecule has 1 aromatic heterocycles. The highest BCUT2D eigenvalue weighted by Crippen LogP contribution is 2.27. The van der Waals surface area contributed by atoms with E-state index in [4.69, 9.17) is 16.7 Å². The van der Waals surface area contributed by atoms with Gasteiger partial charge in [0, 0.05) is 31.8 Å². The Labute approximate surface area is 99.5 Å². The molecule has 1 fully saturated rings. The summed E-state index contributed by atoms with van der Waals surface area (Å²) in [5.41, 5.74) is 0. The van der Waals surface area contributed by atoms with E-state index in [1.807, 2.05) is 4.90 Å². The predicted molar refractivity (Wildman–Crippen MR) is 62.7 cm³/mol. The molecule has 2 N–H and O–H groups in total. The standard InChI is InChI=1S/C11H15ClN2O2/c12-9-2-1-4-13-11(9)14-5-3-8(7-15)10(16)6-14/h1-2,4,8,10,15-16H,3,5-7H2/t8-,10+/m1/s1. The van der Waals surface area contributed by atoms with Crippen molar-refractivity contribution in [1.82, 2.24) is 4.98 Å². The average Bonchev–Trinajstić information content (AvgIpc) is 2.29. The second-order valence-electron chi connectivity index (χ2n) is 4.05. The zero-order valence-corrected chi connectivity index (χ0v) is 9.64. The molecule has 2 rings (SSSR count). The van der Waals surface area contributed by atoms with Gasteiger partial charge in [0.05, 0.1) is 11.1 Å². The smallest absolute Gasteiger partial charge is 0.147 e. The Morgan fingerprint density at radius 1 is 1.56 bits per heavy atom. The van der Waals surface area contributed by atoms with Crippen molar-refractivity contribution < 1.29 is 10.2 Å². The van der Waals surface area contributed by atoms with Crippen LogP contribution in [0.3, 0.4) is 0 Å². The minimum Gasteiger partial charge on any atom is -0.396 e. The third-order valence-corrected chi connectivity index (χ3v) is 3.29. The predicted octanol–water partition coefficient (Wildman–Crippen LogP) is 0.914. The molecule has 0 amide bonds. The molecule has 1 aliphatic heterocycles. The van der Waals surface area contributed by atoms with Crippen LogP contribution in [0.2, 0.25) is 5.02 Å². The number of aliphatic hydroxyl groups excluding tert-OH is 2. The SMILES string of the molecule is OC[C@H]1CCN(c2ncccc2Cl)C[C@@H]1O. The number of aromatic nitrogens is 1. The van der Waals surface area contributed by atoms with Crippen LogP contribution in [0.4, 0.5) is 5.82 Å². The topological polar surface area (TPSA) is 56.6 Å². The maximum absolute atomic E-state index is 9.82. The zero-order valence-electron chi connectivity index (χ0n) is 8.88. The molecule has 0 radical (unpaired) electrons. The molecule has 0 spiro atoms. The second kappa shape index (κ2) is 4.99. The van der Waals surface area contributed by atoms with E-state index in [1.54, 1.807) is 18.3 Å². The number of hydrogen-bond acceptors (Lipinski definition) is 4. The lowest BCUT2D eigenvalue weighted by atomic mass is 9.95. The summed E-state index contributed by atoms with van der Waals surface area (Å²) < 4.78 is 0. The van der Waals surface area contributed by atoms with Crippen molar-refractivity contribution >= 4 is 17.4 Å². The van der Waals surface area contributed by atoms with Gasteiger partial charge in [0.15, 0.2) is 0 Å². The molecule has 1 aromatic rings. The Kier molecular flexibility index (Phi) is 3.63. The van der Waals surface area contributed by atoms with Gasteiger partial charge in [0.1, 0.15) is 5.82 Å². The molecule has 5 heteroatoms. The Morgan fingerprint density at radius 2 is 2.38 bits per heavy atom. The van der Waals surface area contributed by atoms with Crippen LogP contribution >= 0.6 is 11.6 Å². The van der Waals surface area contributed by atoms with Crippen molar-refractivity contribution in [3.63, 3.8) is 0 Å². The number of aliphatic hydroxyl groups is 2. The first kappa shape index (κ1) is 11.6. The van der Waals surface area contributed by atoms with Gasteiger partial charge >= 0.3 is 0 Å². The highest BCUT2D eigenvalue weighted by molar-refractivity contribution is 6.32. The van der Waals surface area contributed by atoms with Crippen LogP contribution in [0.5, 0.6) is 0 Å². The number of pyridine rings is 1. The molecule has 16 heavy (non-hydrogen) atoms. The van der Waals surface area contributed by atoms with Crippen LogP contribution in [0.15, 0.2) is 18.3 Å². The van der Waals surface area contributed by atoms with Crippen LogP contribution in [-0.2, 0) is 0 Å². The molecule has 2 atom stereocenters. The van der Waals surface area contributed by atoms with Gasteiger partial charge in [-0.1, -0.05) is 11.6 Å². The van der Waals surface area contributed by atoms with Crippen LogP contribution in [-0.4, -0.2) is 41.0 Å². The van der Waals surface area contributed by atoms with Crippen LogP contribution < -0.4 is 4.90 Å². The average molecular weight is 243 g/mol. The number of piperidine rings is 1. The highest BCUT2D eigenvalue weighted by atomic mass is 35.5. The van der Waals surface area contributed by atoms with Crippen molar-refractivity contribution in [3.8, 4) is 0 Å². The van der Waals surface area contributed by atoms with Crippen LogP contribution in [0.25, 0.3) is 0 Å². The van der Waals surface area contributed by atoms with Crippen molar-refractivity contribution in [1.29, 1.82) is 0 Å². The summed E-state index contributed by atoms with van der Waals surface area (Å²) in [4.78, 5) is 6.17. The summed E-state index contributed by atoms with van der Waals surface area (Å²) in [6, 6.07) is 3.57. The number of rotatable bonds is 2. The maximum Gasteiger partial charge on any atom is 0.147 e. The van der Waals surface area contributed by atoms with Gasteiger partial charge < -0.3 is 15.1 Å². The largest absolute Gasteiger partial charge is 0.396 e. The minimum absolute atomic E-state index is 0.0289. The Morgan fingerprint density at radius 3 is 3.00 bits per heavy atom. The summed E-state index contributed by atoms with van der Waals surface area (Å²) >= 11 is 6.04. The Hall–Kier alpha value is -0.840. The molecule has 1 saturated heterocycles. The van der Waals surface area contributed by atoms with Crippen molar-refractivity contribution in [2.24, 2.45) is 5.92 Å². The normalized spacial score (nSPS) is 25.8. The molecule has 0 aliphatic carbocycles. The fourth-order valence-corrected chi connectivity index (χ4v) is 2.24. The second-order valence-corrected chi connectivity index (χ2v) is 4.46. The third-order valence-electron chi connectivity index (χ3n) is 2.99. The van der Waals surface area contributed by atoms with Gasteiger partial charge in [-0.3, -0.25) is 0 Å². The summed E-state index contributed by atoms with van der Waals surface area (Å²) in [5.74, 6) is 0.679. The number of anilines is 1. The summed E-state index contributed by atoms with van der Waals surface area (Å²) in [5, 5.41) is 19.5. The van der Waals surface area contributed by atoms with Crippen molar-refractivity contribution in [2.75, 3.05) is 24.6 Å². The molecule has 0 aromatic carbocycles. The number of β-amino-alcohol motifs (C(OH)–C–C–N with tert-alkyl or cyclic N) is 1. The fourth-order valence-electron chi connectivity index (χ4n) is 2.00. The van der Waals surface area contributed by atoms with E-state index < -0.39 is 6.10 Å². The van der Waals surface area contributed by atoms with E-state index in [1.165, 1.54) is 0 Å². The summed E-state index contributed by atoms with van der Waals surface area (Å²) in [6.07, 6.45) is 1.92. The molecule has 0 unspecified atom stereocenters. The molecular formula is C11H15ClN2O2. The Balaban J connectivity index is 2.11. The van der Waals surface area contributed by atoms with Gasteiger partial charge in [-0.25, -0.2) is 4.98 Å². The number of hydrogen-bond donors (Lipinski definition) is 2. The van der Waals surface area contributed by atoms with Gasteiger partial charge in [-0.15, -0.1) is 0 Å². The van der Waals surface area contributed by atoms with Crippen molar-refractivity contribution in [3.05, 3.63) is 23.4 Å². The Bertz CT molecular complexity index is 362. The number of nitrogens with zero attached hydrogens (tertiary/aromatic N) is 2. The van der Waals surface area contributed by atoms with E-state index in [2.05, 4.69) is 4.98 Å². The molecule has 4 nitrogen and oxygen atoms in total. The molecule has 1 aliphatic rings. The quantitative estimate of drug-likeness (QED) is 0.810. The first-order valence-electron chi connectivity index (χ1n) is 5.36. The lowest BCUT2D eigenvalue weighted by molar-refractivity contribution is 0.0546. The van der Waals surface area contributed by atoms with E-state index in [-0.39, 0.29) is 12.5 Å². The number of halogens is 1. The minimum atomic E-state index is -0.517. The zero-order chi connectivity index (χ0) is 11.5. The molecular weight excluding hydrogens is 228 g/mol. The van der Waals surface area contributed by atoms with Gasteiger partial charge in [-0.05, 0) is 18.6 Å². The van der Waals surface area contributed by atoms with Gasteiger partial charge in [-0.2, -0.15) is 0 Å². The highest BCUT2D eigenvalue weighted by Gasteiger charge is 2.28. The van der Waals surface area contributed by atoms with E-state index in [0.29, 0.717) is 17.4 Å². The first-order valence-corrected chi connectivity index (χ1v) is 5.74. The lowest BCUT2D eigenvalue weighted by Gasteiger charge is -2.36. The summed E-state index contributed by atoms with van der Waals surface area (Å²) in [6.45, 7) is 1.27. The summed E-state index contributed by atoms with van der Waals surface area (Å²) in [7, 11) is 0. The molecule has 0 bridgehead atoms. The monoisotopic (exact) mass is 242 g/mol. The third kappa shape index (κ3) is 2.29. The van der Waals surface area contributed by atoms with E-state index >= 15 is 0 Å². The molecule has 2 heterocycles. The van der Waals surface area contributed by atoms with Crippen LogP contribution in [0, 0.1) is 5.92 Å². The first-order chi connectivity index (χ1) is 7.72. The van der Waals surface area contributed by atoms with Gasteiger partial charge in [0.2, 0.25) is 0 Å². The lowest BCUT2D eigenvalue weighted by Crippen LogP contribution is -2.45. The van der Waals surface area contributed by atoms with Gasteiger partial charge in [0.25, 0.3) is 0 Å². The maximum atomic E-state index is 9.82.